The maximum absolute atomic E-state index is 12.3. The number of carbonyl (C=O) groups is 1. The van der Waals surface area contributed by atoms with Gasteiger partial charge in [-0.15, -0.1) is 11.3 Å². The molecule has 0 saturated heterocycles. The van der Waals surface area contributed by atoms with Gasteiger partial charge in [0.25, 0.3) is 0 Å². The Morgan fingerprint density at radius 1 is 1.44 bits per heavy atom. The highest BCUT2D eigenvalue weighted by Crippen LogP contribution is 2.45. The Hall–Kier alpha value is -1.91. The molecule has 1 atom stereocenters. The maximum atomic E-state index is 12.3. The van der Waals surface area contributed by atoms with E-state index in [-0.39, 0.29) is 11.7 Å². The smallest absolute Gasteiger partial charge is 0.235 e. The number of thiophene rings is 1. The summed E-state index contributed by atoms with van der Waals surface area (Å²) in [6.07, 6.45) is 7.48. The predicted molar refractivity (Wildman–Crippen MR) is 110 cm³/mol. The van der Waals surface area contributed by atoms with Crippen molar-refractivity contribution in [2.24, 2.45) is 11.3 Å². The Balaban J connectivity index is 1.70. The molecular weight excluding hydrogens is 376 g/mol. The molecule has 0 bridgehead atoms. The number of nitriles is 1. The number of fused-ring (bicyclic) bond motifs is 1. The molecule has 0 aromatic carbocycles. The van der Waals surface area contributed by atoms with Crippen LogP contribution in [0.2, 0.25) is 0 Å². The van der Waals surface area contributed by atoms with Gasteiger partial charge in [0.15, 0.2) is 5.16 Å². The van der Waals surface area contributed by atoms with Crippen molar-refractivity contribution >= 4 is 34.0 Å². The van der Waals surface area contributed by atoms with Crippen LogP contribution in [0.4, 0.5) is 5.00 Å². The normalized spacial score (nSPS) is 16.4. The number of hydrogen-bond acceptors (Lipinski definition) is 6. The van der Waals surface area contributed by atoms with Crippen molar-refractivity contribution in [3.63, 3.8) is 0 Å². The predicted octanol–water partition coefficient (Wildman–Crippen LogP) is 4.68. The third kappa shape index (κ3) is 4.50. The van der Waals surface area contributed by atoms with E-state index < -0.39 is 0 Å². The lowest BCUT2D eigenvalue weighted by Gasteiger charge is -2.36. The molecule has 1 aliphatic rings. The number of nitrogens with zero attached hydrogens (tertiary/aromatic N) is 3. The third-order valence-corrected chi connectivity index (χ3v) is 7.57. The van der Waals surface area contributed by atoms with E-state index in [0.717, 1.165) is 31.2 Å². The first-order chi connectivity index (χ1) is 12.9. The molecule has 1 amide bonds. The molecule has 27 heavy (non-hydrogen) atoms. The summed E-state index contributed by atoms with van der Waals surface area (Å²) in [7, 11) is 0. The first-order valence-corrected chi connectivity index (χ1v) is 11.0. The second kappa shape index (κ2) is 8.41. The number of carbonyl (C=O) groups excluding carboxylic acids is 1. The SMILES string of the molecule is CCC(C)(C)[C@H]1CCc2c(sc(NC(=O)CSc3ncccn3)c2C#N)C1. The summed E-state index contributed by atoms with van der Waals surface area (Å²) >= 11 is 2.86. The first-order valence-electron chi connectivity index (χ1n) is 9.19. The molecule has 7 heteroatoms. The van der Waals surface area contributed by atoms with Crippen molar-refractivity contribution in [3.05, 3.63) is 34.5 Å². The van der Waals surface area contributed by atoms with Gasteiger partial charge in [-0.1, -0.05) is 39.0 Å². The molecule has 0 fully saturated rings. The highest BCUT2D eigenvalue weighted by molar-refractivity contribution is 7.99. The largest absolute Gasteiger partial charge is 0.316 e. The van der Waals surface area contributed by atoms with Gasteiger partial charge in [0.2, 0.25) is 5.91 Å². The fourth-order valence-electron chi connectivity index (χ4n) is 3.40. The highest BCUT2D eigenvalue weighted by atomic mass is 32.2. The van der Waals surface area contributed by atoms with E-state index in [0.29, 0.717) is 27.1 Å². The van der Waals surface area contributed by atoms with Crippen LogP contribution in [0.5, 0.6) is 0 Å². The summed E-state index contributed by atoms with van der Waals surface area (Å²) in [5, 5.41) is 13.8. The number of aromatic nitrogens is 2. The van der Waals surface area contributed by atoms with E-state index in [1.165, 1.54) is 16.6 Å². The lowest BCUT2D eigenvalue weighted by Crippen LogP contribution is -2.28. The van der Waals surface area contributed by atoms with E-state index in [9.17, 15) is 10.1 Å². The molecule has 0 saturated carbocycles. The van der Waals surface area contributed by atoms with Gasteiger partial charge in [0.05, 0.1) is 11.3 Å². The van der Waals surface area contributed by atoms with Crippen molar-refractivity contribution in [1.82, 2.24) is 9.97 Å². The van der Waals surface area contributed by atoms with Crippen LogP contribution in [0.15, 0.2) is 23.6 Å². The monoisotopic (exact) mass is 400 g/mol. The average molecular weight is 401 g/mol. The summed E-state index contributed by atoms with van der Waals surface area (Å²) in [5.74, 6) is 0.714. The molecular formula is C20H24N4OS2. The molecule has 142 valence electrons. The van der Waals surface area contributed by atoms with Gasteiger partial charge in [-0.25, -0.2) is 9.97 Å². The summed E-state index contributed by atoms with van der Waals surface area (Å²) in [5.41, 5.74) is 2.08. The zero-order valence-electron chi connectivity index (χ0n) is 15.9. The lowest BCUT2D eigenvalue weighted by molar-refractivity contribution is -0.113. The molecule has 0 unspecified atom stereocenters. The van der Waals surface area contributed by atoms with E-state index in [1.807, 2.05) is 0 Å². The molecule has 1 aliphatic carbocycles. The van der Waals surface area contributed by atoms with Crippen molar-refractivity contribution in [3.8, 4) is 6.07 Å². The van der Waals surface area contributed by atoms with Crippen LogP contribution in [0.3, 0.4) is 0 Å². The van der Waals surface area contributed by atoms with Gasteiger partial charge in [-0.3, -0.25) is 4.79 Å². The Morgan fingerprint density at radius 2 is 2.19 bits per heavy atom. The van der Waals surface area contributed by atoms with Gasteiger partial charge in [0.1, 0.15) is 11.1 Å². The summed E-state index contributed by atoms with van der Waals surface area (Å²) in [6, 6.07) is 4.06. The number of hydrogen-bond donors (Lipinski definition) is 1. The van der Waals surface area contributed by atoms with Gasteiger partial charge in [-0.2, -0.15) is 5.26 Å². The van der Waals surface area contributed by atoms with Crippen LogP contribution < -0.4 is 5.32 Å². The second-order valence-corrected chi connectivity index (χ2v) is 9.52. The minimum Gasteiger partial charge on any atom is -0.316 e. The van der Waals surface area contributed by atoms with E-state index in [2.05, 4.69) is 42.1 Å². The van der Waals surface area contributed by atoms with Crippen molar-refractivity contribution in [1.29, 1.82) is 5.26 Å². The molecule has 1 N–H and O–H groups in total. The topological polar surface area (TPSA) is 78.7 Å². The fourth-order valence-corrected chi connectivity index (χ4v) is 5.30. The number of amides is 1. The van der Waals surface area contributed by atoms with Crippen molar-refractivity contribution < 1.29 is 4.79 Å². The average Bonchev–Trinajstić information content (AvgIpc) is 3.03. The van der Waals surface area contributed by atoms with Crippen molar-refractivity contribution in [2.75, 3.05) is 11.1 Å². The molecule has 0 aliphatic heterocycles. The molecule has 2 aromatic rings. The molecule has 0 spiro atoms. The molecule has 2 aromatic heterocycles. The van der Waals surface area contributed by atoms with Gasteiger partial charge in [0, 0.05) is 17.3 Å². The summed E-state index contributed by atoms with van der Waals surface area (Å²) < 4.78 is 0. The van der Waals surface area contributed by atoms with Crippen LogP contribution in [-0.2, 0) is 17.6 Å². The minimum atomic E-state index is -0.131. The Kier molecular flexibility index (Phi) is 6.18. The van der Waals surface area contributed by atoms with E-state index >= 15 is 0 Å². The van der Waals surface area contributed by atoms with Crippen LogP contribution in [0, 0.1) is 22.7 Å². The molecule has 0 radical (unpaired) electrons. The Morgan fingerprint density at radius 3 is 2.85 bits per heavy atom. The van der Waals surface area contributed by atoms with Gasteiger partial charge < -0.3 is 5.32 Å². The quantitative estimate of drug-likeness (QED) is 0.562. The zero-order valence-corrected chi connectivity index (χ0v) is 17.5. The third-order valence-electron chi connectivity index (χ3n) is 5.52. The number of anilines is 1. The standard InChI is InChI=1S/C20H24N4OS2/c1-4-20(2,3)13-6-7-14-15(11-21)18(27-16(14)10-13)24-17(25)12-26-19-22-8-5-9-23-19/h5,8-9,13H,4,6-7,10,12H2,1-3H3,(H,24,25)/t13-/m0/s1. The van der Waals surface area contributed by atoms with Crippen molar-refractivity contribution in [2.45, 2.75) is 51.6 Å². The van der Waals surface area contributed by atoms with Crippen LogP contribution in [0.1, 0.15) is 49.6 Å². The second-order valence-electron chi connectivity index (χ2n) is 7.47. The molecule has 3 rings (SSSR count). The number of thioether (sulfide) groups is 1. The first kappa shape index (κ1) is 19.8. The maximum Gasteiger partial charge on any atom is 0.235 e. The summed E-state index contributed by atoms with van der Waals surface area (Å²) in [4.78, 5) is 21.8. The molecule has 5 nitrogen and oxygen atoms in total. The zero-order chi connectivity index (χ0) is 19.4. The van der Waals surface area contributed by atoms with Crippen LogP contribution >= 0.6 is 23.1 Å². The lowest BCUT2D eigenvalue weighted by atomic mass is 9.69. The number of nitrogens with one attached hydrogen (secondary N) is 1. The van der Waals surface area contributed by atoms with E-state index in [4.69, 9.17) is 0 Å². The fraction of sp³-hybridized carbons (Fsp3) is 0.500. The Labute approximate surface area is 168 Å². The minimum absolute atomic E-state index is 0.131. The Bertz CT molecular complexity index is 855. The van der Waals surface area contributed by atoms with Crippen LogP contribution in [-0.4, -0.2) is 21.6 Å². The number of rotatable bonds is 6. The van der Waals surface area contributed by atoms with Gasteiger partial charge in [-0.05, 0) is 42.2 Å². The van der Waals surface area contributed by atoms with Gasteiger partial charge >= 0.3 is 0 Å². The van der Waals surface area contributed by atoms with E-state index in [1.54, 1.807) is 29.8 Å². The summed E-state index contributed by atoms with van der Waals surface area (Å²) in [6.45, 7) is 6.89. The highest BCUT2D eigenvalue weighted by Gasteiger charge is 2.34. The van der Waals surface area contributed by atoms with Crippen LogP contribution in [0.25, 0.3) is 0 Å². The molecule has 2 heterocycles.